The normalized spacial score (nSPS) is 40.8. The van der Waals surface area contributed by atoms with Crippen molar-refractivity contribution in [2.24, 2.45) is 45.5 Å². The fraction of sp³-hybridized carbons (Fsp3) is 0.759. The Kier molecular flexibility index (Phi) is 7.41. The van der Waals surface area contributed by atoms with Crippen molar-refractivity contribution in [2.75, 3.05) is 13.2 Å². The first-order valence-electron chi connectivity index (χ1n) is 13.6. The molecule has 4 aliphatic rings. The molecule has 200 valence electrons. The largest absolute Gasteiger partial charge is 0.393 e. The molecule has 2 unspecified atom stereocenters. The second kappa shape index (κ2) is 9.80. The van der Waals surface area contributed by atoms with Crippen LogP contribution < -0.4 is 5.43 Å². The number of rotatable bonds is 7. The summed E-state index contributed by atoms with van der Waals surface area (Å²) >= 11 is 0. The van der Waals surface area contributed by atoms with Gasteiger partial charge in [-0.25, -0.2) is 5.43 Å². The Morgan fingerprint density at radius 3 is 2.69 bits per heavy atom. The van der Waals surface area contributed by atoms with Crippen molar-refractivity contribution in [1.29, 1.82) is 0 Å². The standard InChI is InChI=1S/C29H44N2O5/c1-7-36-27(3,4)15-24(35)31-30-19-10-11-28(5)18(13-19)8-9-20-21-12-17(2)25(23(34)16-32)29(21,6)14-22(33)26(20)28/h10-11,13,17,20-22,25-26,32-33H,7-9,12,14-16H2,1-6H3,(H,31,35)/b30-19+/t17-,20+,21?,22+,25-,26?,28+,29+/m1/s1. The van der Waals surface area contributed by atoms with Gasteiger partial charge in [0.1, 0.15) is 6.61 Å². The second-order valence-electron chi connectivity index (χ2n) is 12.7. The number of hydrogen-bond acceptors (Lipinski definition) is 6. The summed E-state index contributed by atoms with van der Waals surface area (Å²) in [6.45, 7) is 12.3. The average Bonchev–Trinajstić information content (AvgIpc) is 3.05. The number of ketones is 1. The fourth-order valence-corrected chi connectivity index (χ4v) is 8.55. The van der Waals surface area contributed by atoms with Gasteiger partial charge in [-0.05, 0) is 81.8 Å². The molecular weight excluding hydrogens is 456 g/mol. The molecule has 0 aromatic heterocycles. The number of Topliss-reactive ketones (excluding diaryl/α,β-unsaturated/α-hetero) is 1. The van der Waals surface area contributed by atoms with Crippen molar-refractivity contribution >= 4 is 17.4 Å². The number of carbonyl (C=O) groups is 2. The number of hydrazone groups is 1. The van der Waals surface area contributed by atoms with E-state index in [1.165, 1.54) is 5.57 Å². The smallest absolute Gasteiger partial charge is 0.242 e. The van der Waals surface area contributed by atoms with E-state index in [1.54, 1.807) is 0 Å². The molecule has 1 amide bonds. The van der Waals surface area contributed by atoms with Crippen LogP contribution in [0.15, 0.2) is 28.9 Å². The minimum Gasteiger partial charge on any atom is -0.393 e. The Hall–Kier alpha value is -1.83. The van der Waals surface area contributed by atoms with E-state index in [4.69, 9.17) is 4.74 Å². The van der Waals surface area contributed by atoms with Crippen LogP contribution >= 0.6 is 0 Å². The van der Waals surface area contributed by atoms with Gasteiger partial charge in [-0.15, -0.1) is 0 Å². The van der Waals surface area contributed by atoms with Crippen LogP contribution in [0.1, 0.15) is 73.6 Å². The molecule has 4 aliphatic carbocycles. The highest BCUT2D eigenvalue weighted by Crippen LogP contribution is 2.67. The highest BCUT2D eigenvalue weighted by atomic mass is 16.5. The highest BCUT2D eigenvalue weighted by Gasteiger charge is 2.64. The lowest BCUT2D eigenvalue weighted by atomic mass is 9.46. The van der Waals surface area contributed by atoms with Gasteiger partial charge in [0, 0.05) is 23.9 Å². The lowest BCUT2D eigenvalue weighted by molar-refractivity contribution is -0.142. The van der Waals surface area contributed by atoms with Gasteiger partial charge in [0.15, 0.2) is 5.78 Å². The lowest BCUT2D eigenvalue weighted by Crippen LogP contribution is -2.56. The zero-order chi connectivity index (χ0) is 26.5. The number of ether oxygens (including phenoxy) is 1. The van der Waals surface area contributed by atoms with E-state index in [2.05, 4.69) is 43.5 Å². The maximum atomic E-state index is 12.7. The molecule has 0 aromatic carbocycles. The first-order chi connectivity index (χ1) is 16.9. The number of fused-ring (bicyclic) bond motifs is 5. The van der Waals surface area contributed by atoms with Gasteiger partial charge in [-0.2, -0.15) is 5.10 Å². The summed E-state index contributed by atoms with van der Waals surface area (Å²) in [5.74, 6) is 0.516. The number of carbonyl (C=O) groups excluding carboxylic acids is 2. The molecule has 0 aromatic rings. The van der Waals surface area contributed by atoms with E-state index in [-0.39, 0.29) is 46.7 Å². The summed E-state index contributed by atoms with van der Waals surface area (Å²) < 4.78 is 5.62. The average molecular weight is 501 g/mol. The van der Waals surface area contributed by atoms with E-state index in [9.17, 15) is 19.8 Å². The molecule has 0 bridgehead atoms. The minimum atomic E-state index is -0.541. The minimum absolute atomic E-state index is 0.0742. The van der Waals surface area contributed by atoms with Gasteiger partial charge < -0.3 is 14.9 Å². The molecule has 0 saturated heterocycles. The van der Waals surface area contributed by atoms with Crippen LogP contribution in [-0.4, -0.2) is 52.5 Å². The Morgan fingerprint density at radius 2 is 2.03 bits per heavy atom. The Bertz CT molecular complexity index is 984. The van der Waals surface area contributed by atoms with Gasteiger partial charge in [0.2, 0.25) is 5.91 Å². The molecule has 4 rings (SSSR count). The van der Waals surface area contributed by atoms with Crippen molar-refractivity contribution in [3.05, 3.63) is 23.8 Å². The van der Waals surface area contributed by atoms with Crippen LogP contribution in [0.4, 0.5) is 0 Å². The third-order valence-corrected chi connectivity index (χ3v) is 9.78. The molecule has 0 heterocycles. The fourth-order valence-electron chi connectivity index (χ4n) is 8.55. The van der Waals surface area contributed by atoms with Crippen molar-refractivity contribution in [2.45, 2.75) is 85.4 Å². The van der Waals surface area contributed by atoms with Crippen molar-refractivity contribution in [1.82, 2.24) is 5.43 Å². The molecule has 3 N–H and O–H groups in total. The van der Waals surface area contributed by atoms with Gasteiger partial charge >= 0.3 is 0 Å². The molecule has 3 saturated carbocycles. The first-order valence-corrected chi connectivity index (χ1v) is 13.6. The van der Waals surface area contributed by atoms with Crippen LogP contribution in [-0.2, 0) is 14.3 Å². The van der Waals surface area contributed by atoms with Crippen LogP contribution in [0.2, 0.25) is 0 Å². The number of amides is 1. The maximum Gasteiger partial charge on any atom is 0.242 e. The van der Waals surface area contributed by atoms with Crippen LogP contribution in [0.3, 0.4) is 0 Å². The number of hydrogen-bond donors (Lipinski definition) is 3. The SMILES string of the molecule is CCOC(C)(C)CC(=O)N/N=C1\C=C[C@@]2(C)C(=C1)CC[C@@H]1C2[C@@H](O)C[C@@]2(C)C1C[C@@H](C)[C@@H]2C(=O)CO. The Morgan fingerprint density at radius 1 is 1.31 bits per heavy atom. The molecule has 0 radical (unpaired) electrons. The molecule has 0 spiro atoms. The maximum absolute atomic E-state index is 12.7. The van der Waals surface area contributed by atoms with Crippen LogP contribution in [0.25, 0.3) is 0 Å². The van der Waals surface area contributed by atoms with Gasteiger partial charge in [-0.3, -0.25) is 9.59 Å². The molecule has 36 heavy (non-hydrogen) atoms. The van der Waals surface area contributed by atoms with E-state index in [0.717, 1.165) is 19.3 Å². The van der Waals surface area contributed by atoms with E-state index in [1.807, 2.05) is 26.8 Å². The van der Waals surface area contributed by atoms with Gasteiger partial charge in [0.25, 0.3) is 0 Å². The topological polar surface area (TPSA) is 108 Å². The second-order valence-corrected chi connectivity index (χ2v) is 12.7. The van der Waals surface area contributed by atoms with E-state index >= 15 is 0 Å². The molecule has 0 aliphatic heterocycles. The monoisotopic (exact) mass is 500 g/mol. The van der Waals surface area contributed by atoms with Crippen molar-refractivity contribution < 1.29 is 24.5 Å². The number of allylic oxidation sites excluding steroid dienone is 4. The number of aliphatic hydroxyl groups excluding tert-OH is 2. The molecule has 7 nitrogen and oxygen atoms in total. The summed E-state index contributed by atoms with van der Waals surface area (Å²) in [4.78, 5) is 25.1. The van der Waals surface area contributed by atoms with Crippen molar-refractivity contribution in [3.8, 4) is 0 Å². The van der Waals surface area contributed by atoms with Crippen LogP contribution in [0, 0.1) is 40.4 Å². The summed E-state index contributed by atoms with van der Waals surface area (Å²) in [5.41, 5.74) is 3.52. The number of nitrogens with zero attached hydrogens (tertiary/aromatic N) is 1. The molecule has 8 atom stereocenters. The summed E-state index contributed by atoms with van der Waals surface area (Å²) in [6.07, 6.45) is 9.31. The van der Waals surface area contributed by atoms with E-state index < -0.39 is 18.3 Å². The zero-order valence-electron chi connectivity index (χ0n) is 22.7. The van der Waals surface area contributed by atoms with Gasteiger partial charge in [-0.1, -0.05) is 32.4 Å². The van der Waals surface area contributed by atoms with E-state index in [0.29, 0.717) is 30.6 Å². The summed E-state index contributed by atoms with van der Waals surface area (Å²) in [5, 5.41) is 25.5. The van der Waals surface area contributed by atoms with Crippen LogP contribution in [0.5, 0.6) is 0 Å². The lowest BCUT2D eigenvalue weighted by Gasteiger charge is -2.58. The summed E-state index contributed by atoms with van der Waals surface area (Å²) in [7, 11) is 0. The highest BCUT2D eigenvalue weighted by molar-refractivity contribution is 6.06. The molecular formula is C29H44N2O5. The van der Waals surface area contributed by atoms with Gasteiger partial charge in [0.05, 0.1) is 23.8 Å². The number of aliphatic hydroxyl groups is 2. The first kappa shape index (κ1) is 27.2. The molecule has 3 fully saturated rings. The Labute approximate surface area is 215 Å². The predicted molar refractivity (Wildman–Crippen MR) is 139 cm³/mol. The zero-order valence-corrected chi connectivity index (χ0v) is 22.7. The summed E-state index contributed by atoms with van der Waals surface area (Å²) in [6, 6.07) is 0. The number of nitrogens with one attached hydrogen (secondary N) is 1. The van der Waals surface area contributed by atoms with Crippen molar-refractivity contribution in [3.63, 3.8) is 0 Å². The molecule has 7 heteroatoms. The predicted octanol–water partition coefficient (Wildman–Crippen LogP) is 3.80. The Balaban J connectivity index is 1.52. The quantitative estimate of drug-likeness (QED) is 0.461. The third kappa shape index (κ3) is 4.63. The third-order valence-electron chi connectivity index (χ3n) is 9.78.